The number of pyridine rings is 1. The maximum atomic E-state index is 12.5. The molecule has 3 heterocycles. The van der Waals surface area contributed by atoms with E-state index in [9.17, 15) is 9.90 Å². The summed E-state index contributed by atoms with van der Waals surface area (Å²) in [5.41, 5.74) is 3.01. The van der Waals surface area contributed by atoms with Gasteiger partial charge in [-0.05, 0) is 31.0 Å². The minimum Gasteiger partial charge on any atom is -0.391 e. The summed E-state index contributed by atoms with van der Waals surface area (Å²) in [6.07, 6.45) is 4.74. The van der Waals surface area contributed by atoms with Crippen molar-refractivity contribution in [1.29, 1.82) is 0 Å². The molecule has 19 heavy (non-hydrogen) atoms. The Hall–Kier alpha value is -1.46. The van der Waals surface area contributed by atoms with E-state index >= 15 is 0 Å². The highest BCUT2D eigenvalue weighted by atomic mass is 16.3. The van der Waals surface area contributed by atoms with Gasteiger partial charge in [0.2, 0.25) is 0 Å². The number of carbonyl (C=O) groups excluding carboxylic acids is 1. The van der Waals surface area contributed by atoms with Crippen molar-refractivity contribution in [2.75, 3.05) is 26.7 Å². The highest BCUT2D eigenvalue weighted by molar-refractivity contribution is 5.96. The average molecular weight is 261 g/mol. The second-order valence-electron chi connectivity index (χ2n) is 5.51. The lowest BCUT2D eigenvalue weighted by Crippen LogP contribution is -2.33. The third kappa shape index (κ3) is 2.35. The van der Waals surface area contributed by atoms with Crippen LogP contribution in [0.5, 0.6) is 0 Å². The summed E-state index contributed by atoms with van der Waals surface area (Å²) in [7, 11) is 2.08. The summed E-state index contributed by atoms with van der Waals surface area (Å²) in [5.74, 6) is 0.0189. The summed E-state index contributed by atoms with van der Waals surface area (Å²) in [4.78, 5) is 20.7. The number of fused-ring (bicyclic) bond motifs is 1. The molecule has 2 aliphatic heterocycles. The molecule has 1 saturated heterocycles. The third-order valence-corrected chi connectivity index (χ3v) is 4.01. The zero-order valence-corrected chi connectivity index (χ0v) is 11.2. The van der Waals surface area contributed by atoms with E-state index in [1.165, 1.54) is 0 Å². The fourth-order valence-electron chi connectivity index (χ4n) is 2.92. The van der Waals surface area contributed by atoms with Crippen LogP contribution in [0.15, 0.2) is 12.4 Å². The number of hydrogen-bond donors (Lipinski definition) is 1. The van der Waals surface area contributed by atoms with Crippen LogP contribution in [0.1, 0.15) is 27.9 Å². The van der Waals surface area contributed by atoms with Gasteiger partial charge in [-0.25, -0.2) is 0 Å². The number of likely N-dealkylation sites (N-methyl/N-ethyl adjacent to an activating group) is 1. The molecule has 1 amide bonds. The zero-order chi connectivity index (χ0) is 13.4. The Bertz CT molecular complexity index is 503. The maximum Gasteiger partial charge on any atom is 0.255 e. The van der Waals surface area contributed by atoms with Crippen molar-refractivity contribution in [3.05, 3.63) is 29.1 Å². The molecular formula is C14H19N3O2. The topological polar surface area (TPSA) is 56.7 Å². The molecular weight excluding hydrogens is 242 g/mol. The summed E-state index contributed by atoms with van der Waals surface area (Å²) in [6.45, 7) is 2.91. The van der Waals surface area contributed by atoms with Gasteiger partial charge in [-0.3, -0.25) is 9.78 Å². The lowest BCUT2D eigenvalue weighted by atomic mass is 9.97. The Balaban J connectivity index is 1.89. The third-order valence-electron chi connectivity index (χ3n) is 4.01. The fraction of sp³-hybridized carbons (Fsp3) is 0.571. The molecule has 1 unspecified atom stereocenters. The first kappa shape index (κ1) is 12.6. The van der Waals surface area contributed by atoms with Crippen molar-refractivity contribution >= 4 is 5.91 Å². The first-order valence-electron chi connectivity index (χ1n) is 6.77. The Morgan fingerprint density at radius 2 is 2.26 bits per heavy atom. The van der Waals surface area contributed by atoms with Crippen molar-refractivity contribution in [3.63, 3.8) is 0 Å². The van der Waals surface area contributed by atoms with Crippen molar-refractivity contribution in [3.8, 4) is 0 Å². The van der Waals surface area contributed by atoms with E-state index in [4.69, 9.17) is 0 Å². The maximum absolute atomic E-state index is 12.5. The smallest absolute Gasteiger partial charge is 0.255 e. The average Bonchev–Trinajstić information content (AvgIpc) is 2.83. The zero-order valence-electron chi connectivity index (χ0n) is 11.2. The van der Waals surface area contributed by atoms with Gasteiger partial charge in [0.05, 0.1) is 11.7 Å². The summed E-state index contributed by atoms with van der Waals surface area (Å²) < 4.78 is 0. The van der Waals surface area contributed by atoms with Crippen molar-refractivity contribution < 1.29 is 9.90 Å². The molecule has 102 valence electrons. The molecule has 2 aliphatic rings. The minimum absolute atomic E-state index is 0.0189. The molecule has 1 atom stereocenters. The Labute approximate surface area is 112 Å². The van der Waals surface area contributed by atoms with Gasteiger partial charge < -0.3 is 14.9 Å². The monoisotopic (exact) mass is 261 g/mol. The number of likely N-dealkylation sites (tertiary alicyclic amines) is 1. The number of β-amino-alcohol motifs (C(OH)–C–C–N with tert-alkyl or cyclic N) is 1. The lowest BCUT2D eigenvalue weighted by Gasteiger charge is -2.27. The van der Waals surface area contributed by atoms with Gasteiger partial charge in [-0.15, -0.1) is 0 Å². The first-order valence-corrected chi connectivity index (χ1v) is 6.77. The predicted molar refractivity (Wildman–Crippen MR) is 70.8 cm³/mol. The van der Waals surface area contributed by atoms with Crippen LogP contribution in [-0.2, 0) is 13.0 Å². The molecule has 1 aromatic rings. The van der Waals surface area contributed by atoms with Gasteiger partial charge >= 0.3 is 0 Å². The highest BCUT2D eigenvalue weighted by Crippen LogP contribution is 2.23. The van der Waals surface area contributed by atoms with Crippen LogP contribution in [0.3, 0.4) is 0 Å². The number of aliphatic hydroxyl groups is 1. The molecule has 1 aromatic heterocycles. The van der Waals surface area contributed by atoms with Crippen LogP contribution < -0.4 is 0 Å². The van der Waals surface area contributed by atoms with Crippen LogP contribution in [0.25, 0.3) is 0 Å². The van der Waals surface area contributed by atoms with Gasteiger partial charge in [0, 0.05) is 38.6 Å². The van der Waals surface area contributed by atoms with Gasteiger partial charge in [-0.1, -0.05) is 0 Å². The van der Waals surface area contributed by atoms with Crippen molar-refractivity contribution in [2.24, 2.45) is 0 Å². The summed E-state index contributed by atoms with van der Waals surface area (Å²) in [6, 6.07) is 0. The molecule has 0 bridgehead atoms. The molecule has 0 aromatic carbocycles. The van der Waals surface area contributed by atoms with Crippen molar-refractivity contribution in [2.45, 2.75) is 25.5 Å². The Morgan fingerprint density at radius 1 is 1.42 bits per heavy atom. The minimum atomic E-state index is -0.373. The number of aromatic nitrogens is 1. The number of aliphatic hydroxyl groups excluding tert-OH is 1. The normalized spacial score (nSPS) is 23.5. The number of amides is 1. The van der Waals surface area contributed by atoms with Gasteiger partial charge in [0.15, 0.2) is 0 Å². The number of rotatable bonds is 1. The van der Waals surface area contributed by atoms with Gasteiger partial charge in [0.25, 0.3) is 5.91 Å². The molecule has 3 rings (SSSR count). The molecule has 1 fully saturated rings. The SMILES string of the molecule is CN1CCc2c(cncc2C(=O)N2CCC(O)C2)C1. The van der Waals surface area contributed by atoms with E-state index in [2.05, 4.69) is 16.9 Å². The van der Waals surface area contributed by atoms with Crippen LogP contribution in [-0.4, -0.2) is 58.6 Å². The first-order chi connectivity index (χ1) is 9.15. The number of hydrogen-bond acceptors (Lipinski definition) is 4. The van der Waals surface area contributed by atoms with E-state index in [1.807, 2.05) is 6.20 Å². The summed E-state index contributed by atoms with van der Waals surface area (Å²) >= 11 is 0. The molecule has 0 spiro atoms. The largest absolute Gasteiger partial charge is 0.391 e. The molecule has 0 radical (unpaired) electrons. The Morgan fingerprint density at radius 3 is 3.00 bits per heavy atom. The lowest BCUT2D eigenvalue weighted by molar-refractivity contribution is 0.0762. The summed E-state index contributed by atoms with van der Waals surface area (Å²) in [5, 5.41) is 9.55. The molecule has 0 aliphatic carbocycles. The number of carbonyl (C=O) groups is 1. The van der Waals surface area contributed by atoms with Crippen LogP contribution >= 0.6 is 0 Å². The van der Waals surface area contributed by atoms with Crippen LogP contribution in [0, 0.1) is 0 Å². The molecule has 5 heteroatoms. The van der Waals surface area contributed by atoms with Gasteiger partial charge in [0.1, 0.15) is 0 Å². The fourth-order valence-corrected chi connectivity index (χ4v) is 2.92. The van der Waals surface area contributed by atoms with Crippen LogP contribution in [0.2, 0.25) is 0 Å². The second kappa shape index (κ2) is 4.90. The molecule has 1 N–H and O–H groups in total. The van der Waals surface area contributed by atoms with Crippen LogP contribution in [0.4, 0.5) is 0 Å². The standard InChI is InChI=1S/C14H19N3O2/c1-16-4-3-12-10(8-16)6-15-7-13(12)14(19)17-5-2-11(18)9-17/h6-7,11,18H,2-5,8-9H2,1H3. The highest BCUT2D eigenvalue weighted by Gasteiger charge is 2.28. The van der Waals surface area contributed by atoms with Crippen molar-refractivity contribution in [1.82, 2.24) is 14.8 Å². The van der Waals surface area contributed by atoms with E-state index in [-0.39, 0.29) is 12.0 Å². The molecule has 5 nitrogen and oxygen atoms in total. The predicted octanol–water partition coefficient (Wildman–Crippen LogP) is 0.276. The Kier molecular flexibility index (Phi) is 3.24. The van der Waals surface area contributed by atoms with E-state index < -0.39 is 0 Å². The second-order valence-corrected chi connectivity index (χ2v) is 5.51. The van der Waals surface area contributed by atoms with E-state index in [0.29, 0.717) is 19.5 Å². The number of nitrogens with zero attached hydrogens (tertiary/aromatic N) is 3. The van der Waals surface area contributed by atoms with Gasteiger partial charge in [-0.2, -0.15) is 0 Å². The molecule has 0 saturated carbocycles. The van der Waals surface area contributed by atoms with E-state index in [0.717, 1.165) is 36.2 Å². The quantitative estimate of drug-likeness (QED) is 0.789. The van der Waals surface area contributed by atoms with E-state index in [1.54, 1.807) is 11.1 Å².